The van der Waals surface area contributed by atoms with Gasteiger partial charge in [-0.2, -0.15) is 0 Å². The van der Waals surface area contributed by atoms with Crippen molar-refractivity contribution in [3.63, 3.8) is 0 Å². The molecule has 0 atom stereocenters. The molecule has 2 aromatic rings. The molecule has 0 unspecified atom stereocenters. The van der Waals surface area contributed by atoms with Crippen LogP contribution in [-0.2, 0) is 11.3 Å². The second kappa shape index (κ2) is 7.08. The van der Waals surface area contributed by atoms with E-state index in [9.17, 15) is 4.79 Å². The van der Waals surface area contributed by atoms with E-state index in [1.165, 1.54) is 6.20 Å². The topological polar surface area (TPSA) is 77.2 Å². The van der Waals surface area contributed by atoms with Crippen LogP contribution in [0.15, 0.2) is 41.0 Å². The number of ether oxygens (including phenoxy) is 1. The normalized spacial score (nSPS) is 10.2. The van der Waals surface area contributed by atoms with Gasteiger partial charge in [-0.15, -0.1) is 0 Å². The van der Waals surface area contributed by atoms with E-state index in [0.29, 0.717) is 30.2 Å². The minimum atomic E-state index is -0.436. The van der Waals surface area contributed by atoms with Gasteiger partial charge >= 0.3 is 5.97 Å². The summed E-state index contributed by atoms with van der Waals surface area (Å²) < 4.78 is 6.01. The van der Waals surface area contributed by atoms with E-state index in [4.69, 9.17) is 10.5 Å². The van der Waals surface area contributed by atoms with Crippen LogP contribution in [0.2, 0.25) is 0 Å². The smallest absolute Gasteiger partial charge is 0.341 e. The molecule has 0 aliphatic carbocycles. The van der Waals surface area contributed by atoms with Crippen LogP contribution in [0.5, 0.6) is 0 Å². The molecule has 0 fully saturated rings. The van der Waals surface area contributed by atoms with E-state index in [2.05, 4.69) is 26.2 Å². The van der Waals surface area contributed by atoms with Crippen molar-refractivity contribution in [2.45, 2.75) is 13.5 Å². The summed E-state index contributed by atoms with van der Waals surface area (Å²) in [5, 5.41) is 3.13. The molecular formula is C15H16BrN3O2. The van der Waals surface area contributed by atoms with Gasteiger partial charge in [0, 0.05) is 11.0 Å². The Balaban J connectivity index is 2.17. The van der Waals surface area contributed by atoms with Crippen LogP contribution in [0, 0.1) is 0 Å². The van der Waals surface area contributed by atoms with Gasteiger partial charge in [0.15, 0.2) is 0 Å². The molecule has 0 amide bonds. The van der Waals surface area contributed by atoms with Crippen LogP contribution in [0.4, 0.5) is 11.5 Å². The number of nitrogen functional groups attached to an aromatic ring is 1. The van der Waals surface area contributed by atoms with Gasteiger partial charge < -0.3 is 15.8 Å². The lowest BCUT2D eigenvalue weighted by Crippen LogP contribution is -2.12. The van der Waals surface area contributed by atoms with Crippen molar-refractivity contribution < 1.29 is 9.53 Å². The van der Waals surface area contributed by atoms with Crippen LogP contribution in [0.3, 0.4) is 0 Å². The van der Waals surface area contributed by atoms with Crippen molar-refractivity contribution in [1.82, 2.24) is 4.98 Å². The minimum Gasteiger partial charge on any atom is -0.462 e. The van der Waals surface area contributed by atoms with Gasteiger partial charge in [-0.3, -0.25) is 0 Å². The van der Waals surface area contributed by atoms with E-state index in [1.54, 1.807) is 13.0 Å². The first-order chi connectivity index (χ1) is 10.1. The molecule has 0 spiro atoms. The first kappa shape index (κ1) is 15.3. The van der Waals surface area contributed by atoms with Crippen molar-refractivity contribution in [1.29, 1.82) is 0 Å². The fourth-order valence-electron chi connectivity index (χ4n) is 1.82. The maximum Gasteiger partial charge on any atom is 0.341 e. The summed E-state index contributed by atoms with van der Waals surface area (Å²) in [6, 6.07) is 9.44. The van der Waals surface area contributed by atoms with Crippen molar-refractivity contribution in [3.05, 3.63) is 52.1 Å². The van der Waals surface area contributed by atoms with Crippen LogP contribution in [0.25, 0.3) is 0 Å². The summed E-state index contributed by atoms with van der Waals surface area (Å²) in [6.45, 7) is 2.60. The van der Waals surface area contributed by atoms with E-state index in [-0.39, 0.29) is 0 Å². The zero-order valence-electron chi connectivity index (χ0n) is 11.6. The fourth-order valence-corrected chi connectivity index (χ4v) is 2.27. The highest BCUT2D eigenvalue weighted by atomic mass is 79.9. The Morgan fingerprint density at radius 1 is 1.43 bits per heavy atom. The summed E-state index contributed by atoms with van der Waals surface area (Å²) in [6.07, 6.45) is 1.51. The van der Waals surface area contributed by atoms with Gasteiger partial charge in [0.25, 0.3) is 0 Å². The van der Waals surface area contributed by atoms with Gasteiger partial charge in [0.1, 0.15) is 11.4 Å². The first-order valence-corrected chi connectivity index (χ1v) is 7.30. The SMILES string of the molecule is CCOC(=O)c1cc(N)cnc1NCc1cccc(Br)c1. The first-order valence-electron chi connectivity index (χ1n) is 6.51. The number of pyridine rings is 1. The molecule has 110 valence electrons. The number of rotatable bonds is 5. The maximum absolute atomic E-state index is 11.9. The number of carbonyl (C=O) groups is 1. The Morgan fingerprint density at radius 3 is 2.95 bits per heavy atom. The predicted octanol–water partition coefficient (Wildman–Crippen LogP) is 3.22. The summed E-state index contributed by atoms with van der Waals surface area (Å²) in [5.74, 6) is 0.0247. The highest BCUT2D eigenvalue weighted by Gasteiger charge is 2.14. The highest BCUT2D eigenvalue weighted by molar-refractivity contribution is 9.10. The zero-order chi connectivity index (χ0) is 15.2. The van der Waals surface area contributed by atoms with Gasteiger partial charge in [-0.05, 0) is 30.7 Å². The molecule has 1 aromatic carbocycles. The summed E-state index contributed by atoms with van der Waals surface area (Å²) >= 11 is 3.42. The molecule has 0 aliphatic heterocycles. The van der Waals surface area contributed by atoms with Crippen molar-refractivity contribution >= 4 is 33.4 Å². The molecule has 0 aliphatic rings. The van der Waals surface area contributed by atoms with Crippen molar-refractivity contribution in [3.8, 4) is 0 Å². The van der Waals surface area contributed by atoms with Gasteiger partial charge in [-0.25, -0.2) is 9.78 Å². The van der Waals surface area contributed by atoms with Crippen LogP contribution in [-0.4, -0.2) is 17.6 Å². The number of nitrogens with one attached hydrogen (secondary N) is 1. The largest absolute Gasteiger partial charge is 0.462 e. The number of carbonyl (C=O) groups excluding carboxylic acids is 1. The molecule has 1 heterocycles. The molecule has 0 bridgehead atoms. The second-order valence-corrected chi connectivity index (χ2v) is 5.28. The van der Waals surface area contributed by atoms with Gasteiger partial charge in [-0.1, -0.05) is 28.1 Å². The Morgan fingerprint density at radius 2 is 2.24 bits per heavy atom. The molecule has 6 heteroatoms. The Hall–Kier alpha value is -2.08. The quantitative estimate of drug-likeness (QED) is 0.810. The maximum atomic E-state index is 11.9. The number of halogens is 1. The van der Waals surface area contributed by atoms with Crippen LogP contribution >= 0.6 is 15.9 Å². The lowest BCUT2D eigenvalue weighted by molar-refractivity contribution is 0.0527. The lowest BCUT2D eigenvalue weighted by atomic mass is 10.2. The summed E-state index contributed by atoms with van der Waals surface area (Å²) in [4.78, 5) is 16.1. The van der Waals surface area contributed by atoms with Crippen molar-refractivity contribution in [2.24, 2.45) is 0 Å². The molecule has 0 radical (unpaired) electrons. The monoisotopic (exact) mass is 349 g/mol. The van der Waals surface area contributed by atoms with E-state index >= 15 is 0 Å². The summed E-state index contributed by atoms with van der Waals surface area (Å²) in [5.41, 5.74) is 7.51. The molecule has 1 aromatic heterocycles. The fraction of sp³-hybridized carbons (Fsp3) is 0.200. The third kappa shape index (κ3) is 4.19. The Kier molecular flexibility index (Phi) is 5.16. The number of aromatic nitrogens is 1. The molecule has 21 heavy (non-hydrogen) atoms. The molecule has 3 N–H and O–H groups in total. The molecule has 0 saturated heterocycles. The highest BCUT2D eigenvalue weighted by Crippen LogP contribution is 2.18. The number of benzene rings is 1. The molecule has 0 saturated carbocycles. The molecule has 2 rings (SSSR count). The van der Waals surface area contributed by atoms with Crippen LogP contribution in [0.1, 0.15) is 22.8 Å². The summed E-state index contributed by atoms with van der Waals surface area (Å²) in [7, 11) is 0. The predicted molar refractivity (Wildman–Crippen MR) is 86.1 cm³/mol. The Bertz CT molecular complexity index is 647. The number of nitrogens with two attached hydrogens (primary N) is 1. The number of hydrogen-bond acceptors (Lipinski definition) is 5. The zero-order valence-corrected chi connectivity index (χ0v) is 13.2. The van der Waals surface area contributed by atoms with E-state index in [0.717, 1.165) is 10.0 Å². The average Bonchev–Trinajstić information content (AvgIpc) is 2.46. The van der Waals surface area contributed by atoms with Gasteiger partial charge in [0.2, 0.25) is 0 Å². The number of nitrogens with zero attached hydrogens (tertiary/aromatic N) is 1. The standard InChI is InChI=1S/C15H16BrN3O2/c1-2-21-15(20)13-7-12(17)9-19-14(13)18-8-10-4-3-5-11(16)6-10/h3-7,9H,2,8,17H2,1H3,(H,18,19). The van der Waals surface area contributed by atoms with Gasteiger partial charge in [0.05, 0.1) is 18.5 Å². The minimum absolute atomic E-state index is 0.304. The lowest BCUT2D eigenvalue weighted by Gasteiger charge is -2.11. The van der Waals surface area contributed by atoms with Crippen LogP contribution < -0.4 is 11.1 Å². The van der Waals surface area contributed by atoms with E-state index in [1.807, 2.05) is 24.3 Å². The van der Waals surface area contributed by atoms with E-state index < -0.39 is 5.97 Å². The third-order valence-corrected chi connectivity index (χ3v) is 3.25. The average molecular weight is 350 g/mol. The number of esters is 1. The molecule has 5 nitrogen and oxygen atoms in total. The Labute approximate surface area is 131 Å². The molecular weight excluding hydrogens is 334 g/mol. The number of hydrogen-bond donors (Lipinski definition) is 2. The second-order valence-electron chi connectivity index (χ2n) is 4.37. The number of anilines is 2. The third-order valence-electron chi connectivity index (χ3n) is 2.75. The van der Waals surface area contributed by atoms with Crippen molar-refractivity contribution in [2.75, 3.05) is 17.7 Å².